The van der Waals surface area contributed by atoms with E-state index >= 15 is 0 Å². The van der Waals surface area contributed by atoms with Gasteiger partial charge in [-0.3, -0.25) is 4.79 Å². The second-order valence-electron chi connectivity index (χ2n) is 3.96. The van der Waals surface area contributed by atoms with E-state index in [-0.39, 0.29) is 11.9 Å². The van der Waals surface area contributed by atoms with Crippen LogP contribution in [0.2, 0.25) is 0 Å². The fraction of sp³-hybridized carbons (Fsp3) is 0.462. The van der Waals surface area contributed by atoms with Crippen LogP contribution < -0.4 is 5.32 Å². The van der Waals surface area contributed by atoms with Gasteiger partial charge in [0, 0.05) is 16.5 Å². The summed E-state index contributed by atoms with van der Waals surface area (Å²) in [6.45, 7) is 6.05. The Hall–Kier alpha value is -0.960. The molecule has 3 heteroatoms. The predicted molar refractivity (Wildman–Crippen MR) is 70.2 cm³/mol. The van der Waals surface area contributed by atoms with Crippen molar-refractivity contribution in [3.05, 3.63) is 29.3 Å². The van der Waals surface area contributed by atoms with Crippen LogP contribution in [0.5, 0.6) is 0 Å². The molecular weight excluding hydrogens is 218 g/mol. The van der Waals surface area contributed by atoms with E-state index in [2.05, 4.69) is 12.2 Å². The molecule has 0 radical (unpaired) electrons. The lowest BCUT2D eigenvalue weighted by Crippen LogP contribution is -2.32. The maximum absolute atomic E-state index is 12.0. The fourth-order valence-corrected chi connectivity index (χ4v) is 1.82. The van der Waals surface area contributed by atoms with Gasteiger partial charge in [0.2, 0.25) is 0 Å². The molecule has 1 aromatic rings. The predicted octanol–water partition coefficient (Wildman–Crippen LogP) is 3.25. The van der Waals surface area contributed by atoms with Crippen molar-refractivity contribution in [1.82, 2.24) is 5.32 Å². The zero-order chi connectivity index (χ0) is 12.1. The molecule has 0 saturated carbocycles. The summed E-state index contributed by atoms with van der Waals surface area (Å²) >= 11 is 1.65. The number of aryl methyl sites for hydroxylation is 1. The number of benzene rings is 1. The molecule has 2 nitrogen and oxygen atoms in total. The Morgan fingerprint density at radius 1 is 1.50 bits per heavy atom. The van der Waals surface area contributed by atoms with Crippen LogP contribution in [0.15, 0.2) is 23.1 Å². The molecule has 16 heavy (non-hydrogen) atoms. The van der Waals surface area contributed by atoms with Crippen molar-refractivity contribution in [1.29, 1.82) is 0 Å². The second-order valence-corrected chi connectivity index (χ2v) is 4.84. The van der Waals surface area contributed by atoms with Crippen LogP contribution in [-0.4, -0.2) is 18.2 Å². The summed E-state index contributed by atoms with van der Waals surface area (Å²) in [4.78, 5) is 13.1. The molecule has 1 N–H and O–H groups in total. The molecule has 0 aliphatic rings. The minimum absolute atomic E-state index is 0.0303. The van der Waals surface area contributed by atoms with Crippen molar-refractivity contribution in [3.8, 4) is 0 Å². The summed E-state index contributed by atoms with van der Waals surface area (Å²) in [7, 11) is 0. The Morgan fingerprint density at radius 2 is 2.19 bits per heavy atom. The molecule has 1 rings (SSSR count). The Morgan fingerprint density at radius 3 is 2.75 bits per heavy atom. The highest BCUT2D eigenvalue weighted by Gasteiger charge is 2.11. The number of hydrogen-bond acceptors (Lipinski definition) is 2. The van der Waals surface area contributed by atoms with Crippen molar-refractivity contribution in [2.75, 3.05) is 6.26 Å². The molecule has 1 amide bonds. The van der Waals surface area contributed by atoms with Crippen molar-refractivity contribution < 1.29 is 4.79 Å². The van der Waals surface area contributed by atoms with E-state index in [1.54, 1.807) is 11.8 Å². The number of amides is 1. The monoisotopic (exact) mass is 237 g/mol. The zero-order valence-electron chi connectivity index (χ0n) is 10.3. The van der Waals surface area contributed by atoms with Gasteiger partial charge in [0.25, 0.3) is 5.91 Å². The molecule has 1 unspecified atom stereocenters. The van der Waals surface area contributed by atoms with Gasteiger partial charge >= 0.3 is 0 Å². The third kappa shape index (κ3) is 3.27. The molecule has 0 aromatic heterocycles. The van der Waals surface area contributed by atoms with Crippen molar-refractivity contribution in [2.24, 2.45) is 0 Å². The molecule has 88 valence electrons. The van der Waals surface area contributed by atoms with Gasteiger partial charge in [-0.1, -0.05) is 13.0 Å². The minimum Gasteiger partial charge on any atom is -0.350 e. The lowest BCUT2D eigenvalue weighted by molar-refractivity contribution is 0.0938. The summed E-state index contributed by atoms with van der Waals surface area (Å²) in [6, 6.07) is 6.22. The lowest BCUT2D eigenvalue weighted by Gasteiger charge is -2.13. The van der Waals surface area contributed by atoms with Gasteiger partial charge in [0.05, 0.1) is 0 Å². The normalized spacial score (nSPS) is 12.2. The Labute approximate surface area is 102 Å². The zero-order valence-corrected chi connectivity index (χ0v) is 11.1. The molecule has 0 heterocycles. The first-order valence-electron chi connectivity index (χ1n) is 5.54. The molecule has 0 saturated heterocycles. The highest BCUT2D eigenvalue weighted by atomic mass is 32.2. The SMILES string of the molecule is CCC(C)NC(=O)c1cc(SC)ccc1C. The van der Waals surface area contributed by atoms with E-state index < -0.39 is 0 Å². The standard InChI is InChI=1S/C13H19NOS/c1-5-10(3)14-13(15)12-8-11(16-4)7-6-9(12)2/h6-8,10H,5H2,1-4H3,(H,14,15). The smallest absolute Gasteiger partial charge is 0.251 e. The molecule has 0 spiro atoms. The Kier molecular flexibility index (Phi) is 4.87. The van der Waals surface area contributed by atoms with Crippen LogP contribution in [0.25, 0.3) is 0 Å². The molecule has 1 aromatic carbocycles. The number of carbonyl (C=O) groups is 1. The van der Waals surface area contributed by atoms with Crippen LogP contribution in [-0.2, 0) is 0 Å². The van der Waals surface area contributed by atoms with Crippen LogP contribution in [0.1, 0.15) is 36.2 Å². The summed E-state index contributed by atoms with van der Waals surface area (Å²) in [5, 5.41) is 2.99. The first-order valence-corrected chi connectivity index (χ1v) is 6.76. The summed E-state index contributed by atoms with van der Waals surface area (Å²) in [5.41, 5.74) is 1.81. The van der Waals surface area contributed by atoms with Crippen LogP contribution in [0, 0.1) is 6.92 Å². The van der Waals surface area contributed by atoms with E-state index in [0.29, 0.717) is 0 Å². The number of hydrogen-bond donors (Lipinski definition) is 1. The van der Waals surface area contributed by atoms with Gasteiger partial charge in [-0.05, 0) is 44.2 Å². The number of carbonyl (C=O) groups excluding carboxylic acids is 1. The van der Waals surface area contributed by atoms with E-state index in [1.807, 2.05) is 38.3 Å². The van der Waals surface area contributed by atoms with Crippen molar-refractivity contribution in [2.45, 2.75) is 38.1 Å². The highest BCUT2D eigenvalue weighted by Crippen LogP contribution is 2.19. The number of nitrogens with one attached hydrogen (secondary N) is 1. The molecule has 0 aliphatic heterocycles. The molecular formula is C13H19NOS. The lowest BCUT2D eigenvalue weighted by atomic mass is 10.1. The maximum atomic E-state index is 12.0. The summed E-state index contributed by atoms with van der Waals surface area (Å²) < 4.78 is 0. The van der Waals surface area contributed by atoms with Crippen molar-refractivity contribution in [3.63, 3.8) is 0 Å². The number of thioether (sulfide) groups is 1. The molecule has 0 fully saturated rings. The first-order chi connectivity index (χ1) is 7.58. The third-order valence-electron chi connectivity index (χ3n) is 2.68. The summed E-state index contributed by atoms with van der Waals surface area (Å²) in [6.07, 6.45) is 2.97. The number of rotatable bonds is 4. The summed E-state index contributed by atoms with van der Waals surface area (Å²) in [5.74, 6) is 0.0303. The Balaban J connectivity index is 2.89. The quantitative estimate of drug-likeness (QED) is 0.814. The largest absolute Gasteiger partial charge is 0.350 e. The van der Waals surface area contributed by atoms with E-state index in [9.17, 15) is 4.79 Å². The van der Waals surface area contributed by atoms with Crippen LogP contribution in [0.3, 0.4) is 0 Å². The maximum Gasteiger partial charge on any atom is 0.251 e. The molecule has 1 atom stereocenters. The van der Waals surface area contributed by atoms with Gasteiger partial charge < -0.3 is 5.32 Å². The topological polar surface area (TPSA) is 29.1 Å². The van der Waals surface area contributed by atoms with Gasteiger partial charge in [-0.2, -0.15) is 0 Å². The van der Waals surface area contributed by atoms with Crippen LogP contribution in [0.4, 0.5) is 0 Å². The van der Waals surface area contributed by atoms with Gasteiger partial charge in [0.15, 0.2) is 0 Å². The van der Waals surface area contributed by atoms with Crippen LogP contribution >= 0.6 is 11.8 Å². The Bertz CT molecular complexity index is 376. The van der Waals surface area contributed by atoms with E-state index in [4.69, 9.17) is 0 Å². The third-order valence-corrected chi connectivity index (χ3v) is 3.40. The average molecular weight is 237 g/mol. The highest BCUT2D eigenvalue weighted by molar-refractivity contribution is 7.98. The van der Waals surface area contributed by atoms with E-state index in [1.165, 1.54) is 0 Å². The molecule has 0 bridgehead atoms. The first kappa shape index (κ1) is 13.1. The van der Waals surface area contributed by atoms with Gasteiger partial charge in [-0.15, -0.1) is 11.8 Å². The van der Waals surface area contributed by atoms with Gasteiger partial charge in [-0.25, -0.2) is 0 Å². The van der Waals surface area contributed by atoms with Crippen molar-refractivity contribution >= 4 is 17.7 Å². The molecule has 0 aliphatic carbocycles. The second kappa shape index (κ2) is 5.94. The van der Waals surface area contributed by atoms with Gasteiger partial charge in [0.1, 0.15) is 0 Å². The van der Waals surface area contributed by atoms with E-state index in [0.717, 1.165) is 22.4 Å². The average Bonchev–Trinajstić information content (AvgIpc) is 2.29. The fourth-order valence-electron chi connectivity index (χ4n) is 1.38. The minimum atomic E-state index is 0.0303.